The Labute approximate surface area is 148 Å². The number of likely N-dealkylation sites (tertiary alicyclic amines) is 1. The van der Waals surface area contributed by atoms with Crippen molar-refractivity contribution < 1.29 is 0 Å². The number of nitrogens with zero attached hydrogens (tertiary/aromatic N) is 5. The summed E-state index contributed by atoms with van der Waals surface area (Å²) in [6.45, 7) is 6.96. The fourth-order valence-electron chi connectivity index (χ4n) is 4.13. The molecule has 4 heterocycles. The summed E-state index contributed by atoms with van der Waals surface area (Å²) in [6.07, 6.45) is 11.4. The number of hydrogen-bond acceptors (Lipinski definition) is 4. The summed E-state index contributed by atoms with van der Waals surface area (Å²) < 4.78 is 4.20. The highest BCUT2D eigenvalue weighted by atomic mass is 16.1. The van der Waals surface area contributed by atoms with Gasteiger partial charge in [-0.3, -0.25) is 14.3 Å². The van der Waals surface area contributed by atoms with Gasteiger partial charge >= 0.3 is 0 Å². The van der Waals surface area contributed by atoms with Crippen LogP contribution in [0.15, 0.2) is 23.5 Å². The van der Waals surface area contributed by atoms with Gasteiger partial charge in [0.2, 0.25) is 0 Å². The van der Waals surface area contributed by atoms with Crippen molar-refractivity contribution in [2.24, 2.45) is 5.92 Å². The molecule has 0 spiro atoms. The van der Waals surface area contributed by atoms with Crippen molar-refractivity contribution in [2.75, 3.05) is 13.1 Å². The monoisotopic (exact) mass is 341 g/mol. The van der Waals surface area contributed by atoms with E-state index in [1.54, 1.807) is 17.1 Å². The maximum Gasteiger partial charge on any atom is 0.256 e. The van der Waals surface area contributed by atoms with Crippen molar-refractivity contribution in [3.8, 4) is 0 Å². The van der Waals surface area contributed by atoms with Gasteiger partial charge in [0.1, 0.15) is 5.82 Å². The van der Waals surface area contributed by atoms with Crippen LogP contribution in [-0.4, -0.2) is 37.1 Å². The molecule has 6 nitrogen and oxygen atoms in total. The minimum Gasteiger partial charge on any atom is -0.331 e. The van der Waals surface area contributed by atoms with Crippen molar-refractivity contribution in [3.63, 3.8) is 0 Å². The van der Waals surface area contributed by atoms with Crippen LogP contribution in [0, 0.1) is 12.8 Å². The zero-order valence-corrected chi connectivity index (χ0v) is 15.0. The molecule has 25 heavy (non-hydrogen) atoms. The molecule has 2 aromatic rings. The van der Waals surface area contributed by atoms with Gasteiger partial charge in [-0.1, -0.05) is 0 Å². The summed E-state index contributed by atoms with van der Waals surface area (Å²) in [5, 5.41) is 0. The lowest BCUT2D eigenvalue weighted by Gasteiger charge is -2.32. The van der Waals surface area contributed by atoms with E-state index in [1.807, 2.05) is 6.92 Å². The van der Waals surface area contributed by atoms with Gasteiger partial charge < -0.3 is 4.57 Å². The van der Waals surface area contributed by atoms with Gasteiger partial charge in [-0.2, -0.15) is 0 Å². The highest BCUT2D eigenvalue weighted by Crippen LogP contribution is 2.22. The average Bonchev–Trinajstić information content (AvgIpc) is 3.04. The Bertz CT molecular complexity index is 785. The third-order valence-electron chi connectivity index (χ3n) is 5.67. The summed E-state index contributed by atoms with van der Waals surface area (Å²) in [5.41, 5.74) is 2.20. The quantitative estimate of drug-likeness (QED) is 0.853. The summed E-state index contributed by atoms with van der Waals surface area (Å²) >= 11 is 0. The molecule has 0 aromatic carbocycles. The molecule has 0 bridgehead atoms. The smallest absolute Gasteiger partial charge is 0.256 e. The minimum absolute atomic E-state index is 0.100. The van der Waals surface area contributed by atoms with Crippen LogP contribution in [0.25, 0.3) is 0 Å². The largest absolute Gasteiger partial charge is 0.331 e. The topological polar surface area (TPSA) is 56.0 Å². The SMILES string of the molecule is Cc1cncn(CC2CCN(Cc3cnc4n3CCCC4)CC2)c1=O. The van der Waals surface area contributed by atoms with E-state index in [-0.39, 0.29) is 5.56 Å². The van der Waals surface area contributed by atoms with Crippen LogP contribution in [0.5, 0.6) is 0 Å². The second-order valence-electron chi connectivity index (χ2n) is 7.53. The third-order valence-corrected chi connectivity index (χ3v) is 5.67. The van der Waals surface area contributed by atoms with Gasteiger partial charge in [0, 0.05) is 44.0 Å². The van der Waals surface area contributed by atoms with Gasteiger partial charge in [0.05, 0.1) is 12.0 Å². The van der Waals surface area contributed by atoms with Crippen LogP contribution >= 0.6 is 0 Å². The predicted molar refractivity (Wildman–Crippen MR) is 96.4 cm³/mol. The highest BCUT2D eigenvalue weighted by molar-refractivity contribution is 5.08. The first-order valence-electron chi connectivity index (χ1n) is 9.47. The summed E-state index contributed by atoms with van der Waals surface area (Å²) in [4.78, 5) is 23.5. The van der Waals surface area contributed by atoms with Crippen LogP contribution in [0.3, 0.4) is 0 Å². The molecule has 0 radical (unpaired) electrons. The number of hydrogen-bond donors (Lipinski definition) is 0. The lowest BCUT2D eigenvalue weighted by atomic mass is 9.96. The van der Waals surface area contributed by atoms with Crippen LogP contribution in [0.1, 0.15) is 42.8 Å². The Morgan fingerprint density at radius 2 is 2.00 bits per heavy atom. The Morgan fingerprint density at radius 1 is 1.16 bits per heavy atom. The Balaban J connectivity index is 1.33. The van der Waals surface area contributed by atoms with Gasteiger partial charge in [-0.25, -0.2) is 9.97 Å². The van der Waals surface area contributed by atoms with E-state index in [4.69, 9.17) is 0 Å². The molecular weight excluding hydrogens is 314 g/mol. The zero-order valence-electron chi connectivity index (χ0n) is 15.0. The number of piperidine rings is 1. The van der Waals surface area contributed by atoms with Gasteiger partial charge in [-0.15, -0.1) is 0 Å². The number of fused-ring (bicyclic) bond motifs is 1. The van der Waals surface area contributed by atoms with Gasteiger partial charge in [0.25, 0.3) is 5.56 Å². The van der Waals surface area contributed by atoms with E-state index >= 15 is 0 Å². The molecule has 0 aliphatic carbocycles. The van der Waals surface area contributed by atoms with E-state index in [1.165, 1.54) is 24.4 Å². The Kier molecular flexibility index (Phi) is 4.70. The Hall–Kier alpha value is -1.95. The van der Waals surface area contributed by atoms with E-state index < -0.39 is 0 Å². The van der Waals surface area contributed by atoms with E-state index in [0.717, 1.165) is 57.5 Å². The molecule has 1 saturated heterocycles. The van der Waals surface area contributed by atoms with E-state index in [0.29, 0.717) is 5.92 Å². The lowest BCUT2D eigenvalue weighted by molar-refractivity contribution is 0.162. The first-order chi connectivity index (χ1) is 12.2. The number of aryl methyl sites for hydroxylation is 2. The summed E-state index contributed by atoms with van der Waals surface area (Å²) in [5.74, 6) is 1.83. The third kappa shape index (κ3) is 3.54. The molecule has 2 aromatic heterocycles. The van der Waals surface area contributed by atoms with Crippen molar-refractivity contribution in [1.29, 1.82) is 0 Å². The summed E-state index contributed by atoms with van der Waals surface area (Å²) in [7, 11) is 0. The van der Waals surface area contributed by atoms with Crippen molar-refractivity contribution in [2.45, 2.75) is 58.7 Å². The Morgan fingerprint density at radius 3 is 2.84 bits per heavy atom. The molecule has 0 unspecified atom stereocenters. The molecule has 1 fully saturated rings. The van der Waals surface area contributed by atoms with Crippen molar-refractivity contribution in [1.82, 2.24) is 24.0 Å². The standard InChI is InChI=1S/C19H27N5O/c1-15-10-20-14-23(19(15)25)12-16-5-8-22(9-6-16)13-17-11-21-18-4-2-3-7-24(17)18/h10-11,14,16H,2-9,12-13H2,1H3. The molecular formula is C19H27N5O. The van der Waals surface area contributed by atoms with Crippen LogP contribution in [0.4, 0.5) is 0 Å². The normalized spacial score (nSPS) is 19.1. The molecule has 0 saturated carbocycles. The molecule has 2 aliphatic heterocycles. The maximum atomic E-state index is 12.2. The predicted octanol–water partition coefficient (Wildman–Crippen LogP) is 2.00. The van der Waals surface area contributed by atoms with Crippen LogP contribution in [-0.2, 0) is 26.1 Å². The lowest BCUT2D eigenvalue weighted by Crippen LogP contribution is -2.36. The molecule has 0 atom stereocenters. The van der Waals surface area contributed by atoms with Gasteiger partial charge in [0.15, 0.2) is 0 Å². The molecule has 4 rings (SSSR count). The molecule has 6 heteroatoms. The van der Waals surface area contributed by atoms with E-state index in [2.05, 4.69) is 25.6 Å². The first-order valence-corrected chi connectivity index (χ1v) is 9.47. The molecule has 2 aliphatic rings. The zero-order chi connectivity index (χ0) is 17.2. The van der Waals surface area contributed by atoms with Crippen LogP contribution < -0.4 is 5.56 Å². The average molecular weight is 341 g/mol. The van der Waals surface area contributed by atoms with Crippen molar-refractivity contribution >= 4 is 0 Å². The van der Waals surface area contributed by atoms with Crippen LogP contribution in [0.2, 0.25) is 0 Å². The second-order valence-corrected chi connectivity index (χ2v) is 7.53. The fraction of sp³-hybridized carbons (Fsp3) is 0.632. The number of aromatic nitrogens is 4. The van der Waals surface area contributed by atoms with Crippen molar-refractivity contribution in [3.05, 3.63) is 46.2 Å². The first kappa shape index (κ1) is 16.5. The molecule has 0 N–H and O–H groups in total. The number of rotatable bonds is 4. The number of imidazole rings is 1. The molecule has 0 amide bonds. The summed E-state index contributed by atoms with van der Waals surface area (Å²) in [6, 6.07) is 0. The second kappa shape index (κ2) is 7.12. The maximum absolute atomic E-state index is 12.2. The highest BCUT2D eigenvalue weighted by Gasteiger charge is 2.22. The molecule has 134 valence electrons. The minimum atomic E-state index is 0.100. The van der Waals surface area contributed by atoms with E-state index in [9.17, 15) is 4.79 Å². The van der Waals surface area contributed by atoms with Gasteiger partial charge in [-0.05, 0) is 51.6 Å². The fourth-order valence-corrected chi connectivity index (χ4v) is 4.13.